The molecule has 1 heterocycles. The fraction of sp³-hybridized carbons (Fsp3) is 0.333. The number of anilines is 2. The van der Waals surface area contributed by atoms with Gasteiger partial charge in [-0.15, -0.1) is 0 Å². The van der Waals surface area contributed by atoms with E-state index >= 15 is 0 Å². The van der Waals surface area contributed by atoms with E-state index in [-0.39, 0.29) is 5.69 Å². The Labute approximate surface area is 199 Å². The summed E-state index contributed by atoms with van der Waals surface area (Å²) in [5.74, 6) is 0.701. The number of carbonyl (C=O) groups excluding carboxylic acids is 2. The first-order valence-electron chi connectivity index (χ1n) is 11.0. The molecule has 0 saturated carbocycles. The van der Waals surface area contributed by atoms with Crippen molar-refractivity contribution < 1.29 is 27.5 Å². The number of halogens is 3. The van der Waals surface area contributed by atoms with Crippen molar-refractivity contribution in [1.29, 1.82) is 0 Å². The van der Waals surface area contributed by atoms with E-state index in [0.29, 0.717) is 40.3 Å². The molecule has 35 heavy (non-hydrogen) atoms. The summed E-state index contributed by atoms with van der Waals surface area (Å²) < 4.78 is 45.8. The van der Waals surface area contributed by atoms with Gasteiger partial charge in [-0.2, -0.15) is 13.2 Å². The lowest BCUT2D eigenvalue weighted by atomic mass is 10.0. The second kappa shape index (κ2) is 9.05. The van der Waals surface area contributed by atoms with Gasteiger partial charge in [0.1, 0.15) is 17.4 Å². The molecule has 8 nitrogen and oxygen atoms in total. The van der Waals surface area contributed by atoms with Gasteiger partial charge in [-0.3, -0.25) is 4.79 Å². The summed E-state index contributed by atoms with van der Waals surface area (Å²) in [7, 11) is 0. The minimum Gasteiger partial charge on any atom is -0.410 e. The number of fused-ring (bicyclic) bond motifs is 3. The Balaban J connectivity index is 1.79. The first-order valence-corrected chi connectivity index (χ1v) is 11.0. The normalized spacial score (nSPS) is 13.9. The van der Waals surface area contributed by atoms with Crippen LogP contribution >= 0.6 is 0 Å². The fourth-order valence-corrected chi connectivity index (χ4v) is 4.38. The number of hydrogen-bond acceptors (Lipinski definition) is 6. The number of benzene rings is 2. The molecule has 4 rings (SSSR count). The summed E-state index contributed by atoms with van der Waals surface area (Å²) in [5, 5.41) is 6.15. The summed E-state index contributed by atoms with van der Waals surface area (Å²) in [5.41, 5.74) is 7.20. The van der Waals surface area contributed by atoms with Gasteiger partial charge < -0.3 is 21.1 Å². The van der Waals surface area contributed by atoms with Crippen molar-refractivity contribution in [2.45, 2.75) is 52.3 Å². The Kier molecular flexibility index (Phi) is 6.27. The summed E-state index contributed by atoms with van der Waals surface area (Å²) in [6, 6.07) is 4.39. The van der Waals surface area contributed by atoms with Crippen LogP contribution < -0.4 is 21.1 Å². The van der Waals surface area contributed by atoms with Gasteiger partial charge in [0.05, 0.1) is 17.1 Å². The summed E-state index contributed by atoms with van der Waals surface area (Å²) in [4.78, 5) is 32.0. The first kappa shape index (κ1) is 24.2. The third-order valence-corrected chi connectivity index (χ3v) is 5.80. The van der Waals surface area contributed by atoms with E-state index in [1.54, 1.807) is 19.9 Å². The molecule has 0 saturated heterocycles. The molecule has 1 aromatic heterocycles. The van der Waals surface area contributed by atoms with E-state index in [2.05, 4.69) is 20.6 Å². The number of nitrogens with one attached hydrogen (secondary N) is 2. The maximum Gasteiger partial charge on any atom is 0.416 e. The Morgan fingerprint density at radius 3 is 2.49 bits per heavy atom. The van der Waals surface area contributed by atoms with Gasteiger partial charge in [0.15, 0.2) is 0 Å². The van der Waals surface area contributed by atoms with Gasteiger partial charge in [-0.05, 0) is 68.5 Å². The topological polar surface area (TPSA) is 119 Å². The number of amides is 2. The van der Waals surface area contributed by atoms with Gasteiger partial charge in [0, 0.05) is 23.6 Å². The highest BCUT2D eigenvalue weighted by Crippen LogP contribution is 2.39. The molecule has 0 aliphatic heterocycles. The average molecular weight is 487 g/mol. The number of nitrogens with two attached hydrogens (primary N) is 1. The number of hydrogen-bond donors (Lipinski definition) is 3. The third-order valence-electron chi connectivity index (χ3n) is 5.80. The molecule has 184 valence electrons. The monoisotopic (exact) mass is 487 g/mol. The number of nitrogens with zero attached hydrogens (tertiary/aromatic N) is 2. The molecule has 1 atom stereocenters. The highest BCUT2D eigenvalue weighted by molar-refractivity contribution is 5.95. The average Bonchev–Trinajstić information content (AvgIpc) is 3.23. The number of aryl methyl sites for hydroxylation is 2. The van der Waals surface area contributed by atoms with Crippen molar-refractivity contribution >= 4 is 34.4 Å². The standard InChI is InChI=1S/C24H24F3N5O3/c1-11(14-7-15(24(25,26)27)9-16(8-14)32-13(3)33)29-22-19-10-20(35-23(28)34)17-5-4-6-18(17)21(19)30-12(2)31-22/h7-11H,4-6H2,1-3H3,(H2,28,34)(H,32,33)(H,29,30,31). The van der Waals surface area contributed by atoms with Crippen molar-refractivity contribution in [3.63, 3.8) is 0 Å². The minimum absolute atomic E-state index is 0.0367. The van der Waals surface area contributed by atoms with Crippen molar-refractivity contribution in [2.75, 3.05) is 10.6 Å². The zero-order valence-corrected chi connectivity index (χ0v) is 19.3. The third kappa shape index (κ3) is 5.13. The van der Waals surface area contributed by atoms with Crippen molar-refractivity contribution in [1.82, 2.24) is 9.97 Å². The Hall–Kier alpha value is -3.89. The van der Waals surface area contributed by atoms with Crippen molar-refractivity contribution in [3.8, 4) is 5.75 Å². The van der Waals surface area contributed by atoms with Gasteiger partial charge in [0.25, 0.3) is 0 Å². The van der Waals surface area contributed by atoms with Gasteiger partial charge in [-0.25, -0.2) is 14.8 Å². The fourth-order valence-electron chi connectivity index (χ4n) is 4.38. The van der Waals surface area contributed by atoms with Crippen LogP contribution in [0.2, 0.25) is 0 Å². The van der Waals surface area contributed by atoms with E-state index in [9.17, 15) is 22.8 Å². The lowest BCUT2D eigenvalue weighted by Gasteiger charge is -2.20. The maximum atomic E-state index is 13.5. The minimum atomic E-state index is -4.59. The predicted molar refractivity (Wildman–Crippen MR) is 124 cm³/mol. The lowest BCUT2D eigenvalue weighted by Crippen LogP contribution is -2.17. The maximum absolute atomic E-state index is 13.5. The van der Waals surface area contributed by atoms with Gasteiger partial charge in [0.2, 0.25) is 5.91 Å². The number of ether oxygens (including phenoxy) is 1. The first-order chi connectivity index (χ1) is 16.4. The molecule has 2 aromatic carbocycles. The van der Waals surface area contributed by atoms with Crippen LogP contribution in [0.15, 0.2) is 24.3 Å². The summed E-state index contributed by atoms with van der Waals surface area (Å²) >= 11 is 0. The van der Waals surface area contributed by atoms with Gasteiger partial charge in [-0.1, -0.05) is 0 Å². The molecular formula is C24H24F3N5O3. The Bertz CT molecular complexity index is 1340. The zero-order chi connectivity index (χ0) is 25.5. The van der Waals surface area contributed by atoms with Crippen LogP contribution in [0.1, 0.15) is 54.4 Å². The molecule has 0 bridgehead atoms. The van der Waals surface area contributed by atoms with E-state index in [1.807, 2.05) is 0 Å². The predicted octanol–water partition coefficient (Wildman–Crippen LogP) is 5.03. The largest absolute Gasteiger partial charge is 0.416 e. The molecular weight excluding hydrogens is 463 g/mol. The van der Waals surface area contributed by atoms with Crippen LogP contribution in [0, 0.1) is 6.92 Å². The number of alkyl halides is 3. The Morgan fingerprint density at radius 1 is 1.11 bits per heavy atom. The molecule has 1 aliphatic carbocycles. The van der Waals surface area contributed by atoms with Crippen LogP contribution in [0.5, 0.6) is 5.75 Å². The highest BCUT2D eigenvalue weighted by atomic mass is 19.4. The summed E-state index contributed by atoms with van der Waals surface area (Å²) in [6.07, 6.45) is -3.22. The number of aromatic nitrogens is 2. The quantitative estimate of drug-likeness (QED) is 0.464. The van der Waals surface area contributed by atoms with Crippen molar-refractivity contribution in [2.24, 2.45) is 5.73 Å². The molecule has 3 aromatic rings. The van der Waals surface area contributed by atoms with E-state index in [1.165, 1.54) is 13.0 Å². The molecule has 4 N–H and O–H groups in total. The van der Waals surface area contributed by atoms with Crippen LogP contribution in [-0.2, 0) is 23.8 Å². The smallest absolute Gasteiger partial charge is 0.410 e. The van der Waals surface area contributed by atoms with Crippen LogP contribution in [0.3, 0.4) is 0 Å². The van der Waals surface area contributed by atoms with E-state index < -0.39 is 29.8 Å². The second-order valence-electron chi connectivity index (χ2n) is 8.51. The number of carbonyl (C=O) groups is 2. The number of primary amides is 1. The molecule has 0 spiro atoms. The van der Waals surface area contributed by atoms with Gasteiger partial charge >= 0.3 is 12.3 Å². The molecule has 1 aliphatic rings. The molecule has 11 heteroatoms. The molecule has 0 radical (unpaired) electrons. The SMILES string of the molecule is CC(=O)Nc1cc(C(C)Nc2nc(C)nc3c4c(c(OC(N)=O)cc23)CCC4)cc(C(F)(F)F)c1. The second-order valence-corrected chi connectivity index (χ2v) is 8.51. The van der Waals surface area contributed by atoms with Crippen LogP contribution in [-0.4, -0.2) is 22.0 Å². The highest BCUT2D eigenvalue weighted by Gasteiger charge is 2.32. The molecule has 1 unspecified atom stereocenters. The van der Waals surface area contributed by atoms with E-state index in [4.69, 9.17) is 10.5 Å². The number of rotatable bonds is 5. The molecule has 0 fully saturated rings. The molecule has 2 amide bonds. The van der Waals surface area contributed by atoms with E-state index in [0.717, 1.165) is 36.1 Å². The van der Waals surface area contributed by atoms with Crippen molar-refractivity contribution in [3.05, 3.63) is 52.3 Å². The zero-order valence-electron chi connectivity index (χ0n) is 19.3. The van der Waals surface area contributed by atoms with Crippen LogP contribution in [0.4, 0.5) is 29.5 Å². The lowest BCUT2D eigenvalue weighted by molar-refractivity contribution is -0.137. The van der Waals surface area contributed by atoms with Crippen LogP contribution in [0.25, 0.3) is 10.9 Å². The Morgan fingerprint density at radius 2 is 1.83 bits per heavy atom. The summed E-state index contributed by atoms with van der Waals surface area (Å²) in [6.45, 7) is 4.63.